The first-order valence-electron chi connectivity index (χ1n) is 6.77. The summed E-state index contributed by atoms with van der Waals surface area (Å²) >= 11 is 0. The van der Waals surface area contributed by atoms with Gasteiger partial charge in [0.2, 0.25) is 0 Å². The van der Waals surface area contributed by atoms with Gasteiger partial charge in [0, 0.05) is 5.69 Å². The van der Waals surface area contributed by atoms with Crippen LogP contribution >= 0.6 is 0 Å². The number of benzene rings is 1. The van der Waals surface area contributed by atoms with Gasteiger partial charge in [0.1, 0.15) is 5.75 Å². The zero-order chi connectivity index (χ0) is 16.4. The highest BCUT2D eigenvalue weighted by atomic mass is 19.4. The van der Waals surface area contributed by atoms with Crippen LogP contribution in [0.3, 0.4) is 0 Å². The van der Waals surface area contributed by atoms with Crippen molar-refractivity contribution in [1.82, 2.24) is 19.8 Å². The summed E-state index contributed by atoms with van der Waals surface area (Å²) in [5.74, 6) is -0.213. The number of hydrogen-bond donors (Lipinski definition) is 1. The highest BCUT2D eigenvalue weighted by Crippen LogP contribution is 2.28. The first kappa shape index (κ1) is 15.1. The molecule has 2 aromatic heterocycles. The van der Waals surface area contributed by atoms with Crippen molar-refractivity contribution in [2.75, 3.05) is 11.9 Å². The summed E-state index contributed by atoms with van der Waals surface area (Å²) in [5.41, 5.74) is 0.691. The van der Waals surface area contributed by atoms with Crippen molar-refractivity contribution in [1.29, 1.82) is 0 Å². The molecule has 3 rings (SSSR count). The van der Waals surface area contributed by atoms with E-state index in [9.17, 15) is 13.2 Å². The molecule has 6 nitrogen and oxygen atoms in total. The molecule has 1 aromatic carbocycles. The molecule has 0 atom stereocenters. The Balaban J connectivity index is 1.88. The van der Waals surface area contributed by atoms with E-state index >= 15 is 0 Å². The van der Waals surface area contributed by atoms with Crippen molar-refractivity contribution in [3.8, 4) is 5.75 Å². The van der Waals surface area contributed by atoms with Crippen LogP contribution in [-0.2, 0) is 6.18 Å². The van der Waals surface area contributed by atoms with Gasteiger partial charge in [-0.3, -0.25) is 0 Å². The van der Waals surface area contributed by atoms with E-state index < -0.39 is 12.0 Å². The van der Waals surface area contributed by atoms with Gasteiger partial charge < -0.3 is 10.1 Å². The first-order valence-corrected chi connectivity index (χ1v) is 6.77. The maximum absolute atomic E-state index is 12.8. The molecule has 0 saturated heterocycles. The van der Waals surface area contributed by atoms with Gasteiger partial charge in [-0.25, -0.2) is 0 Å². The molecule has 1 N–H and O–H groups in total. The maximum atomic E-state index is 12.8. The van der Waals surface area contributed by atoms with Crippen molar-refractivity contribution < 1.29 is 17.9 Å². The summed E-state index contributed by atoms with van der Waals surface area (Å²) in [6.07, 6.45) is -4.62. The van der Waals surface area contributed by atoms with Gasteiger partial charge in [-0.1, -0.05) is 0 Å². The summed E-state index contributed by atoms with van der Waals surface area (Å²) in [6, 6.07) is 9.93. The average Bonchev–Trinajstić information content (AvgIpc) is 2.93. The Morgan fingerprint density at radius 1 is 1.09 bits per heavy atom. The number of fused-ring (bicyclic) bond motifs is 1. The van der Waals surface area contributed by atoms with E-state index in [-0.39, 0.29) is 11.5 Å². The lowest BCUT2D eigenvalue weighted by Gasteiger charge is -2.08. The second kappa shape index (κ2) is 5.75. The van der Waals surface area contributed by atoms with Crippen molar-refractivity contribution >= 4 is 17.2 Å². The minimum atomic E-state index is -4.62. The van der Waals surface area contributed by atoms with Gasteiger partial charge in [-0.05, 0) is 43.3 Å². The number of alkyl halides is 3. The van der Waals surface area contributed by atoms with Crippen LogP contribution < -0.4 is 10.1 Å². The van der Waals surface area contributed by atoms with Crippen LogP contribution in [0.15, 0.2) is 36.4 Å². The monoisotopic (exact) mass is 323 g/mol. The van der Waals surface area contributed by atoms with E-state index in [2.05, 4.69) is 20.6 Å². The lowest BCUT2D eigenvalue weighted by Crippen LogP contribution is -2.13. The van der Waals surface area contributed by atoms with Crippen molar-refractivity contribution in [2.45, 2.75) is 13.1 Å². The molecule has 0 aliphatic rings. The fourth-order valence-corrected chi connectivity index (χ4v) is 1.98. The normalized spacial score (nSPS) is 11.7. The summed E-state index contributed by atoms with van der Waals surface area (Å²) in [6.45, 7) is 2.43. The second-order valence-electron chi connectivity index (χ2n) is 4.59. The molecule has 0 aliphatic carbocycles. The van der Waals surface area contributed by atoms with Crippen molar-refractivity contribution in [3.63, 3.8) is 0 Å². The van der Waals surface area contributed by atoms with E-state index in [1.807, 2.05) is 6.92 Å². The third-order valence-corrected chi connectivity index (χ3v) is 2.95. The van der Waals surface area contributed by atoms with Gasteiger partial charge in [-0.2, -0.15) is 17.7 Å². The maximum Gasteiger partial charge on any atom is 0.453 e. The van der Waals surface area contributed by atoms with E-state index in [1.165, 1.54) is 12.1 Å². The Hall–Kier alpha value is -2.84. The molecule has 23 heavy (non-hydrogen) atoms. The number of anilines is 2. The predicted molar refractivity (Wildman–Crippen MR) is 76.7 cm³/mol. The molecular weight excluding hydrogens is 311 g/mol. The lowest BCUT2D eigenvalue weighted by molar-refractivity contribution is -0.146. The van der Waals surface area contributed by atoms with E-state index in [4.69, 9.17) is 4.74 Å². The molecule has 3 aromatic rings. The molecule has 9 heteroatoms. The minimum Gasteiger partial charge on any atom is -0.494 e. The van der Waals surface area contributed by atoms with Crippen molar-refractivity contribution in [3.05, 3.63) is 42.2 Å². The smallest absolute Gasteiger partial charge is 0.453 e. The number of hydrogen-bond acceptors (Lipinski definition) is 5. The van der Waals surface area contributed by atoms with Crippen LogP contribution in [0, 0.1) is 0 Å². The Bertz CT molecular complexity index is 813. The highest BCUT2D eigenvalue weighted by Gasteiger charge is 2.37. The molecule has 0 radical (unpaired) electrons. The van der Waals surface area contributed by atoms with E-state index in [1.54, 1.807) is 24.3 Å². The Kier molecular flexibility index (Phi) is 3.77. The van der Waals surface area contributed by atoms with Crippen LogP contribution in [0.4, 0.5) is 24.7 Å². The lowest BCUT2D eigenvalue weighted by atomic mass is 10.3. The zero-order valence-corrected chi connectivity index (χ0v) is 12.0. The van der Waals surface area contributed by atoms with Crippen molar-refractivity contribution in [2.24, 2.45) is 0 Å². The minimum absolute atomic E-state index is 0.0227. The molecule has 0 spiro atoms. The van der Waals surface area contributed by atoms with Crippen LogP contribution in [0.25, 0.3) is 5.65 Å². The van der Waals surface area contributed by atoms with Crippen LogP contribution in [0.1, 0.15) is 12.7 Å². The number of ether oxygens (including phenoxy) is 1. The molecule has 120 valence electrons. The molecule has 0 aliphatic heterocycles. The van der Waals surface area contributed by atoms with Gasteiger partial charge in [-0.15, -0.1) is 15.3 Å². The van der Waals surface area contributed by atoms with E-state index in [0.717, 1.165) is 0 Å². The molecular formula is C14H12F3N5O. The topological polar surface area (TPSA) is 64.3 Å². The van der Waals surface area contributed by atoms with E-state index in [0.29, 0.717) is 22.6 Å². The van der Waals surface area contributed by atoms with Crippen LogP contribution in [0.5, 0.6) is 5.75 Å². The van der Waals surface area contributed by atoms with Gasteiger partial charge >= 0.3 is 6.18 Å². The third kappa shape index (κ3) is 3.17. The third-order valence-electron chi connectivity index (χ3n) is 2.95. The van der Waals surface area contributed by atoms with Crippen LogP contribution in [0.2, 0.25) is 0 Å². The highest BCUT2D eigenvalue weighted by molar-refractivity contribution is 5.58. The molecule has 0 saturated carbocycles. The largest absolute Gasteiger partial charge is 0.494 e. The summed E-state index contributed by atoms with van der Waals surface area (Å²) in [7, 11) is 0. The molecule has 0 fully saturated rings. The summed E-state index contributed by atoms with van der Waals surface area (Å²) < 4.78 is 44.5. The fraction of sp³-hybridized carbons (Fsp3) is 0.214. The summed E-state index contributed by atoms with van der Waals surface area (Å²) in [5, 5.41) is 13.4. The standard InChI is InChI=1S/C14H12F3N5O/c1-2-23-10-5-3-9(4-6-10)18-11-7-8-12-19-20-13(14(15,16)17)22(12)21-11/h3-8H,2H2,1H3,(H,18,21). The molecule has 0 bridgehead atoms. The Morgan fingerprint density at radius 3 is 2.48 bits per heavy atom. The number of aromatic nitrogens is 4. The fourth-order valence-electron chi connectivity index (χ4n) is 1.98. The summed E-state index contributed by atoms with van der Waals surface area (Å²) in [4.78, 5) is 0. The van der Waals surface area contributed by atoms with Gasteiger partial charge in [0.25, 0.3) is 5.82 Å². The molecule has 0 unspecified atom stereocenters. The average molecular weight is 323 g/mol. The first-order chi connectivity index (χ1) is 11.0. The number of rotatable bonds is 4. The number of halogens is 3. The quantitative estimate of drug-likeness (QED) is 0.798. The van der Waals surface area contributed by atoms with Crippen LogP contribution in [-0.4, -0.2) is 26.4 Å². The number of nitrogens with zero attached hydrogens (tertiary/aromatic N) is 4. The van der Waals surface area contributed by atoms with Gasteiger partial charge in [0.15, 0.2) is 11.5 Å². The second-order valence-corrected chi connectivity index (χ2v) is 4.59. The predicted octanol–water partition coefficient (Wildman–Crippen LogP) is 3.29. The SMILES string of the molecule is CCOc1ccc(Nc2ccc3nnc(C(F)(F)F)n3n2)cc1. The zero-order valence-electron chi connectivity index (χ0n) is 12.0. The molecule has 2 heterocycles. The number of nitrogens with one attached hydrogen (secondary N) is 1. The Labute approximate surface area is 128 Å². The molecule has 0 amide bonds. The van der Waals surface area contributed by atoms with Gasteiger partial charge in [0.05, 0.1) is 6.61 Å². The Morgan fingerprint density at radius 2 is 1.83 bits per heavy atom.